The number of hydrogen-bond acceptors (Lipinski definition) is 2. The quantitative estimate of drug-likeness (QED) is 0.744. The molecule has 0 aliphatic rings. The standard InChI is InChI=1S/C9H18BF3NO2.K/c1-7(5-6-10(11,12)13)14-8(15)16-9(2,3)4;/h7H,5-6H2,1-4H3,(H,14,15);/q-1;+1/t7-;/m1./s1. The number of rotatable bonds is 4. The van der Waals surface area contributed by atoms with Crippen LogP contribution in [0.25, 0.3) is 0 Å². The average Bonchev–Trinajstić information content (AvgIpc) is 1.95. The predicted octanol–water partition coefficient (Wildman–Crippen LogP) is 0.141. The van der Waals surface area contributed by atoms with Crippen molar-refractivity contribution < 1.29 is 73.9 Å². The molecule has 0 fully saturated rings. The maximum atomic E-state index is 11.9. The predicted molar refractivity (Wildman–Crippen MR) is 57.3 cm³/mol. The van der Waals surface area contributed by atoms with E-state index in [1.165, 1.54) is 6.92 Å². The molecule has 96 valence electrons. The van der Waals surface area contributed by atoms with Crippen molar-refractivity contribution in [3.8, 4) is 0 Å². The van der Waals surface area contributed by atoms with Crippen LogP contribution in [0.15, 0.2) is 0 Å². The van der Waals surface area contributed by atoms with E-state index < -0.39 is 31.0 Å². The maximum Gasteiger partial charge on any atom is 1.00 e. The number of alkyl carbamates (subject to hydrolysis) is 1. The average molecular weight is 279 g/mol. The Labute approximate surface area is 143 Å². The van der Waals surface area contributed by atoms with Gasteiger partial charge in [-0.2, -0.15) is 0 Å². The summed E-state index contributed by atoms with van der Waals surface area (Å²) in [6.07, 6.45) is -1.66. The SMILES string of the molecule is C[C@H](CC[B-](F)(F)F)NC(=O)OC(C)(C)C.[K+]. The summed E-state index contributed by atoms with van der Waals surface area (Å²) in [5.74, 6) is 0. The minimum Gasteiger partial charge on any atom is -0.449 e. The Bertz CT molecular complexity index is 243. The third-order valence-corrected chi connectivity index (χ3v) is 1.69. The molecule has 0 spiro atoms. The molecule has 0 saturated carbocycles. The summed E-state index contributed by atoms with van der Waals surface area (Å²) < 4.78 is 40.7. The molecule has 0 aromatic heterocycles. The van der Waals surface area contributed by atoms with Crippen LogP contribution >= 0.6 is 0 Å². The third-order valence-electron chi connectivity index (χ3n) is 1.69. The number of carbonyl (C=O) groups is 1. The first-order valence-electron chi connectivity index (χ1n) is 5.20. The van der Waals surface area contributed by atoms with Gasteiger partial charge in [-0.3, -0.25) is 0 Å². The van der Waals surface area contributed by atoms with E-state index in [1.807, 2.05) is 0 Å². The molecular formula is C9H18BF3KNO2. The Morgan fingerprint density at radius 3 is 2.18 bits per heavy atom. The van der Waals surface area contributed by atoms with E-state index in [0.29, 0.717) is 0 Å². The number of amides is 1. The molecule has 0 aliphatic carbocycles. The van der Waals surface area contributed by atoms with Gasteiger partial charge in [0.1, 0.15) is 5.60 Å². The third kappa shape index (κ3) is 14.7. The first kappa shape index (κ1) is 20.1. The van der Waals surface area contributed by atoms with Crippen LogP contribution in [0.2, 0.25) is 6.32 Å². The Balaban J connectivity index is 0. The fourth-order valence-corrected chi connectivity index (χ4v) is 1.02. The zero-order chi connectivity index (χ0) is 13.0. The van der Waals surface area contributed by atoms with Gasteiger partial charge in [-0.25, -0.2) is 4.79 Å². The molecule has 1 amide bonds. The van der Waals surface area contributed by atoms with Crippen molar-refractivity contribution in [2.75, 3.05) is 0 Å². The molecular weight excluding hydrogens is 261 g/mol. The number of ether oxygens (including phenoxy) is 1. The number of carbonyl (C=O) groups excluding carboxylic acids is 1. The van der Waals surface area contributed by atoms with Gasteiger partial charge in [-0.05, 0) is 27.7 Å². The summed E-state index contributed by atoms with van der Waals surface area (Å²) in [5.41, 5.74) is -0.641. The van der Waals surface area contributed by atoms with Crippen LogP contribution in [0, 0.1) is 0 Å². The summed E-state index contributed by atoms with van der Waals surface area (Å²) in [6.45, 7) is 1.81. The molecule has 17 heavy (non-hydrogen) atoms. The molecule has 0 aromatic carbocycles. The van der Waals surface area contributed by atoms with Crippen molar-refractivity contribution in [2.24, 2.45) is 0 Å². The van der Waals surface area contributed by atoms with Crippen LogP contribution in [0.3, 0.4) is 0 Å². The van der Waals surface area contributed by atoms with Gasteiger partial charge in [0.15, 0.2) is 0 Å². The molecule has 0 aromatic rings. The van der Waals surface area contributed by atoms with E-state index in [9.17, 15) is 17.7 Å². The largest absolute Gasteiger partial charge is 1.00 e. The molecule has 0 heterocycles. The molecule has 1 N–H and O–H groups in total. The van der Waals surface area contributed by atoms with Crippen LogP contribution in [0.4, 0.5) is 17.7 Å². The number of nitrogens with one attached hydrogen (secondary N) is 1. The van der Waals surface area contributed by atoms with Crippen molar-refractivity contribution >= 4 is 13.1 Å². The van der Waals surface area contributed by atoms with E-state index in [2.05, 4.69) is 5.32 Å². The second-order valence-electron chi connectivity index (χ2n) is 4.83. The molecule has 0 radical (unpaired) electrons. The van der Waals surface area contributed by atoms with Crippen molar-refractivity contribution in [1.29, 1.82) is 0 Å². The van der Waals surface area contributed by atoms with Gasteiger partial charge in [-0.1, -0.05) is 12.7 Å². The van der Waals surface area contributed by atoms with Crippen LogP contribution < -0.4 is 56.7 Å². The van der Waals surface area contributed by atoms with Crippen LogP contribution in [-0.2, 0) is 4.74 Å². The fourth-order valence-electron chi connectivity index (χ4n) is 1.02. The first-order valence-corrected chi connectivity index (χ1v) is 5.20. The van der Waals surface area contributed by atoms with E-state index in [-0.39, 0.29) is 57.8 Å². The van der Waals surface area contributed by atoms with Crippen molar-refractivity contribution in [1.82, 2.24) is 5.32 Å². The van der Waals surface area contributed by atoms with E-state index in [1.54, 1.807) is 20.8 Å². The second kappa shape index (κ2) is 8.04. The summed E-state index contributed by atoms with van der Waals surface area (Å²) in [5, 5.41) is 2.36. The summed E-state index contributed by atoms with van der Waals surface area (Å²) in [4.78, 5) is 11.2. The van der Waals surface area contributed by atoms with Gasteiger partial charge in [-0.15, -0.1) is 0 Å². The van der Waals surface area contributed by atoms with Gasteiger partial charge in [0.25, 0.3) is 0 Å². The Kier molecular flexibility index (Phi) is 9.50. The van der Waals surface area contributed by atoms with Crippen LogP contribution in [0.5, 0.6) is 0 Å². The summed E-state index contributed by atoms with van der Waals surface area (Å²) >= 11 is 0. The van der Waals surface area contributed by atoms with Crippen molar-refractivity contribution in [3.05, 3.63) is 0 Å². The Morgan fingerprint density at radius 1 is 1.35 bits per heavy atom. The minimum atomic E-state index is -4.78. The molecule has 0 aliphatic heterocycles. The summed E-state index contributed by atoms with van der Waals surface area (Å²) in [7, 11) is 0. The molecule has 3 nitrogen and oxygen atoms in total. The molecule has 0 unspecified atom stereocenters. The zero-order valence-electron chi connectivity index (χ0n) is 11.0. The monoisotopic (exact) mass is 279 g/mol. The Morgan fingerprint density at radius 2 is 1.82 bits per heavy atom. The smallest absolute Gasteiger partial charge is 0.449 e. The minimum absolute atomic E-state index is 0. The maximum absolute atomic E-state index is 11.9. The van der Waals surface area contributed by atoms with Crippen molar-refractivity contribution in [2.45, 2.75) is 52.1 Å². The first-order chi connectivity index (χ1) is 6.99. The van der Waals surface area contributed by atoms with E-state index >= 15 is 0 Å². The van der Waals surface area contributed by atoms with Gasteiger partial charge >= 0.3 is 64.5 Å². The summed E-state index contributed by atoms with van der Waals surface area (Å²) in [6, 6.07) is -0.543. The number of hydrogen-bond donors (Lipinski definition) is 1. The zero-order valence-corrected chi connectivity index (χ0v) is 14.1. The molecule has 8 heteroatoms. The Hall–Kier alpha value is 0.761. The molecule has 0 bridgehead atoms. The molecule has 0 saturated heterocycles. The van der Waals surface area contributed by atoms with Crippen LogP contribution in [0.1, 0.15) is 34.1 Å². The fraction of sp³-hybridized carbons (Fsp3) is 0.889. The number of halogens is 3. The van der Waals surface area contributed by atoms with Gasteiger partial charge in [0, 0.05) is 6.04 Å². The van der Waals surface area contributed by atoms with Crippen LogP contribution in [-0.4, -0.2) is 24.7 Å². The van der Waals surface area contributed by atoms with Gasteiger partial charge < -0.3 is 23.0 Å². The van der Waals surface area contributed by atoms with Gasteiger partial charge in [0.2, 0.25) is 0 Å². The molecule has 1 atom stereocenters. The van der Waals surface area contributed by atoms with Gasteiger partial charge in [0.05, 0.1) is 0 Å². The van der Waals surface area contributed by atoms with E-state index in [4.69, 9.17) is 4.74 Å². The normalized spacial score (nSPS) is 13.6. The topological polar surface area (TPSA) is 38.3 Å². The second-order valence-corrected chi connectivity index (χ2v) is 4.83. The van der Waals surface area contributed by atoms with E-state index in [0.717, 1.165) is 0 Å². The van der Waals surface area contributed by atoms with Crippen molar-refractivity contribution in [3.63, 3.8) is 0 Å². The molecule has 0 rings (SSSR count).